The van der Waals surface area contributed by atoms with Gasteiger partial charge >= 0.3 is 0 Å². The lowest BCUT2D eigenvalue weighted by Crippen LogP contribution is -2.46. The second kappa shape index (κ2) is 7.27. The van der Waals surface area contributed by atoms with Gasteiger partial charge in [0, 0.05) is 32.8 Å². The van der Waals surface area contributed by atoms with Crippen LogP contribution in [-0.2, 0) is 14.9 Å². The van der Waals surface area contributed by atoms with Gasteiger partial charge in [0.2, 0.25) is 0 Å². The summed E-state index contributed by atoms with van der Waals surface area (Å²) in [5, 5.41) is 8.98. The van der Waals surface area contributed by atoms with Gasteiger partial charge in [-0.3, -0.25) is 0 Å². The highest BCUT2D eigenvalue weighted by Gasteiger charge is 2.26. The predicted molar refractivity (Wildman–Crippen MR) is 64.8 cm³/mol. The summed E-state index contributed by atoms with van der Waals surface area (Å²) in [6.07, 6.45) is 1.45. The Hall–Kier alpha value is -0.210. The molecule has 0 aromatic heterocycles. The Morgan fingerprint density at radius 1 is 1.41 bits per heavy atom. The van der Waals surface area contributed by atoms with E-state index in [1.807, 2.05) is 6.92 Å². The number of rotatable bonds is 7. The summed E-state index contributed by atoms with van der Waals surface area (Å²) >= 11 is 0. The molecule has 1 aliphatic heterocycles. The molecule has 0 unspecified atom stereocenters. The van der Waals surface area contributed by atoms with Crippen LogP contribution in [0, 0.1) is 5.92 Å². The molecule has 0 bridgehead atoms. The average molecular weight is 266 g/mol. The van der Waals surface area contributed by atoms with Crippen LogP contribution in [0.2, 0.25) is 0 Å². The molecule has 0 amide bonds. The van der Waals surface area contributed by atoms with E-state index in [1.165, 1.54) is 4.31 Å². The Labute approximate surface area is 103 Å². The highest BCUT2D eigenvalue weighted by molar-refractivity contribution is 7.87. The smallest absolute Gasteiger partial charge is 0.279 e. The van der Waals surface area contributed by atoms with Gasteiger partial charge in [0.1, 0.15) is 0 Å². The van der Waals surface area contributed by atoms with Crippen molar-refractivity contribution in [3.05, 3.63) is 0 Å². The molecule has 1 aliphatic rings. The molecular formula is C10H22N2O4S. The first-order valence-electron chi connectivity index (χ1n) is 6.03. The maximum absolute atomic E-state index is 11.8. The number of aliphatic hydroxyl groups is 1. The van der Waals surface area contributed by atoms with Crippen LogP contribution in [0.15, 0.2) is 0 Å². The zero-order chi connectivity index (χ0) is 12.7. The lowest BCUT2D eigenvalue weighted by molar-refractivity contribution is 0.151. The molecule has 0 aromatic rings. The first-order valence-corrected chi connectivity index (χ1v) is 7.47. The Balaban J connectivity index is 2.33. The Morgan fingerprint density at radius 2 is 2.06 bits per heavy atom. The third-order valence-electron chi connectivity index (χ3n) is 2.91. The van der Waals surface area contributed by atoms with Gasteiger partial charge in [-0.05, 0) is 25.7 Å². The van der Waals surface area contributed by atoms with Gasteiger partial charge in [-0.15, -0.1) is 0 Å². The number of ether oxygens (including phenoxy) is 1. The summed E-state index contributed by atoms with van der Waals surface area (Å²) in [4.78, 5) is 0. The zero-order valence-corrected chi connectivity index (χ0v) is 11.1. The van der Waals surface area contributed by atoms with Crippen LogP contribution in [0.3, 0.4) is 0 Å². The normalized spacial score (nSPS) is 19.6. The minimum absolute atomic E-state index is 0.145. The molecule has 0 aliphatic carbocycles. The van der Waals surface area contributed by atoms with E-state index in [1.54, 1.807) is 0 Å². The molecule has 102 valence electrons. The Morgan fingerprint density at radius 3 is 2.59 bits per heavy atom. The van der Waals surface area contributed by atoms with Crippen molar-refractivity contribution >= 4 is 10.2 Å². The van der Waals surface area contributed by atoms with Crippen LogP contribution in [0.4, 0.5) is 0 Å². The van der Waals surface area contributed by atoms with E-state index < -0.39 is 10.2 Å². The van der Waals surface area contributed by atoms with Gasteiger partial charge in [0.15, 0.2) is 0 Å². The first kappa shape index (κ1) is 14.8. The molecule has 17 heavy (non-hydrogen) atoms. The maximum atomic E-state index is 11.8. The summed E-state index contributed by atoms with van der Waals surface area (Å²) in [5.74, 6) is 0.241. The van der Waals surface area contributed by atoms with Crippen LogP contribution >= 0.6 is 0 Å². The SMILES string of the molecule is CCOCCNS(=O)(=O)N1CCC(CO)CC1. The van der Waals surface area contributed by atoms with Gasteiger partial charge in [0.05, 0.1) is 6.61 Å². The standard InChI is InChI=1S/C10H22N2O4S/c1-2-16-8-5-11-17(14,15)12-6-3-10(9-13)4-7-12/h10-11,13H,2-9H2,1H3. The fourth-order valence-electron chi connectivity index (χ4n) is 1.81. The molecule has 1 heterocycles. The molecule has 0 aromatic carbocycles. The van der Waals surface area contributed by atoms with E-state index in [0.29, 0.717) is 32.8 Å². The number of aliphatic hydroxyl groups excluding tert-OH is 1. The molecule has 1 fully saturated rings. The Bertz CT molecular complexity index is 299. The van der Waals surface area contributed by atoms with E-state index in [9.17, 15) is 8.42 Å². The fraction of sp³-hybridized carbons (Fsp3) is 1.00. The van der Waals surface area contributed by atoms with E-state index in [4.69, 9.17) is 9.84 Å². The highest BCUT2D eigenvalue weighted by atomic mass is 32.2. The minimum Gasteiger partial charge on any atom is -0.396 e. The molecule has 6 nitrogen and oxygen atoms in total. The number of hydrogen-bond acceptors (Lipinski definition) is 4. The molecule has 7 heteroatoms. The van der Waals surface area contributed by atoms with Crippen molar-refractivity contribution in [1.82, 2.24) is 9.03 Å². The van der Waals surface area contributed by atoms with Crippen LogP contribution in [-0.4, -0.2) is 57.3 Å². The van der Waals surface area contributed by atoms with Crippen LogP contribution in [0.25, 0.3) is 0 Å². The van der Waals surface area contributed by atoms with Crippen molar-refractivity contribution in [3.8, 4) is 0 Å². The van der Waals surface area contributed by atoms with Crippen LogP contribution in [0.1, 0.15) is 19.8 Å². The lowest BCUT2D eigenvalue weighted by atomic mass is 10.00. The van der Waals surface area contributed by atoms with Gasteiger partial charge in [-0.25, -0.2) is 0 Å². The largest absolute Gasteiger partial charge is 0.396 e. The minimum atomic E-state index is -3.37. The van der Waals surface area contributed by atoms with Gasteiger partial charge in [0.25, 0.3) is 10.2 Å². The maximum Gasteiger partial charge on any atom is 0.279 e. The molecule has 2 N–H and O–H groups in total. The monoisotopic (exact) mass is 266 g/mol. The quantitative estimate of drug-likeness (QED) is 0.612. The molecule has 0 atom stereocenters. The summed E-state index contributed by atoms with van der Waals surface area (Å²) in [5.41, 5.74) is 0. The number of hydrogen-bond donors (Lipinski definition) is 2. The predicted octanol–water partition coefficient (Wildman–Crippen LogP) is -0.438. The van der Waals surface area contributed by atoms with Crippen LogP contribution < -0.4 is 4.72 Å². The molecular weight excluding hydrogens is 244 g/mol. The Kier molecular flexibility index (Phi) is 6.35. The van der Waals surface area contributed by atoms with Gasteiger partial charge < -0.3 is 9.84 Å². The third-order valence-corrected chi connectivity index (χ3v) is 4.52. The average Bonchev–Trinajstić information content (AvgIpc) is 2.35. The molecule has 0 radical (unpaired) electrons. The second-order valence-electron chi connectivity index (χ2n) is 4.12. The molecule has 1 rings (SSSR count). The fourth-order valence-corrected chi connectivity index (χ4v) is 3.03. The number of piperidine rings is 1. The number of nitrogens with one attached hydrogen (secondary N) is 1. The lowest BCUT2D eigenvalue weighted by Gasteiger charge is -2.30. The topological polar surface area (TPSA) is 78.9 Å². The third kappa shape index (κ3) is 4.89. The van der Waals surface area contributed by atoms with Crippen molar-refractivity contribution in [1.29, 1.82) is 0 Å². The molecule has 1 saturated heterocycles. The summed E-state index contributed by atoms with van der Waals surface area (Å²) in [7, 11) is -3.37. The van der Waals surface area contributed by atoms with Crippen molar-refractivity contribution in [2.45, 2.75) is 19.8 Å². The van der Waals surface area contributed by atoms with E-state index in [-0.39, 0.29) is 12.5 Å². The van der Waals surface area contributed by atoms with Gasteiger partial charge in [-0.1, -0.05) is 0 Å². The summed E-state index contributed by atoms with van der Waals surface area (Å²) in [6.45, 7) is 4.26. The van der Waals surface area contributed by atoms with Crippen molar-refractivity contribution in [2.75, 3.05) is 39.5 Å². The first-order chi connectivity index (χ1) is 8.10. The van der Waals surface area contributed by atoms with Crippen molar-refractivity contribution in [2.24, 2.45) is 5.92 Å². The van der Waals surface area contributed by atoms with Crippen molar-refractivity contribution in [3.63, 3.8) is 0 Å². The summed E-state index contributed by atoms with van der Waals surface area (Å²) in [6, 6.07) is 0. The molecule has 0 spiro atoms. The number of nitrogens with zero attached hydrogens (tertiary/aromatic N) is 1. The molecule has 0 saturated carbocycles. The van der Waals surface area contributed by atoms with E-state index in [0.717, 1.165) is 12.8 Å². The van der Waals surface area contributed by atoms with E-state index >= 15 is 0 Å². The summed E-state index contributed by atoms with van der Waals surface area (Å²) < 4.78 is 32.7. The zero-order valence-electron chi connectivity index (χ0n) is 10.3. The van der Waals surface area contributed by atoms with Crippen molar-refractivity contribution < 1.29 is 18.3 Å². The highest BCUT2D eigenvalue weighted by Crippen LogP contribution is 2.18. The van der Waals surface area contributed by atoms with Crippen LogP contribution in [0.5, 0.6) is 0 Å². The van der Waals surface area contributed by atoms with Gasteiger partial charge in [-0.2, -0.15) is 17.4 Å². The van der Waals surface area contributed by atoms with E-state index in [2.05, 4.69) is 4.72 Å². The second-order valence-corrected chi connectivity index (χ2v) is 5.88.